The van der Waals surface area contributed by atoms with Crippen molar-refractivity contribution < 1.29 is 5.11 Å². The second kappa shape index (κ2) is 3.00. The highest BCUT2D eigenvalue weighted by molar-refractivity contribution is 4.99. The molecule has 2 heteroatoms. The maximum Gasteiger partial charge on any atom is 0.104 e. The second-order valence-corrected chi connectivity index (χ2v) is 4.91. The third kappa shape index (κ3) is 1.50. The summed E-state index contributed by atoms with van der Waals surface area (Å²) in [5, 5.41) is 9.43. The Hall–Kier alpha value is -0.0800. The molecule has 1 N–H and O–H groups in total. The Bertz CT molecular complexity index is 165. The fraction of sp³-hybridized carbons (Fsp3) is 1.00. The number of hydrogen-bond acceptors (Lipinski definition) is 2. The number of rotatable bonds is 2. The van der Waals surface area contributed by atoms with E-state index in [1.165, 1.54) is 6.42 Å². The van der Waals surface area contributed by atoms with Crippen LogP contribution < -0.4 is 0 Å². The van der Waals surface area contributed by atoms with Crippen LogP contribution >= 0.6 is 0 Å². The summed E-state index contributed by atoms with van der Waals surface area (Å²) in [4.78, 5) is 2.08. The van der Waals surface area contributed by atoms with Crippen molar-refractivity contribution in [1.82, 2.24) is 4.90 Å². The lowest BCUT2D eigenvalue weighted by Crippen LogP contribution is -2.58. The lowest BCUT2D eigenvalue weighted by molar-refractivity contribution is -0.106. The van der Waals surface area contributed by atoms with E-state index in [0.29, 0.717) is 11.5 Å². The van der Waals surface area contributed by atoms with Gasteiger partial charge in [0.15, 0.2) is 0 Å². The van der Waals surface area contributed by atoms with Crippen LogP contribution in [-0.4, -0.2) is 29.3 Å². The van der Waals surface area contributed by atoms with E-state index in [2.05, 4.69) is 25.7 Å². The minimum Gasteiger partial charge on any atom is -0.379 e. The van der Waals surface area contributed by atoms with Crippen molar-refractivity contribution >= 4 is 0 Å². The van der Waals surface area contributed by atoms with Gasteiger partial charge < -0.3 is 5.11 Å². The maximum absolute atomic E-state index is 9.43. The molecule has 1 fully saturated rings. The predicted molar refractivity (Wildman–Crippen MR) is 50.8 cm³/mol. The zero-order chi connectivity index (χ0) is 9.52. The molecule has 1 aliphatic rings. The van der Waals surface area contributed by atoms with Crippen molar-refractivity contribution in [3.8, 4) is 0 Å². The molecule has 3 atom stereocenters. The van der Waals surface area contributed by atoms with Crippen LogP contribution in [0.4, 0.5) is 0 Å². The lowest BCUT2D eigenvalue weighted by Gasteiger charge is -2.55. The van der Waals surface area contributed by atoms with E-state index in [-0.39, 0.29) is 6.23 Å². The zero-order valence-electron chi connectivity index (χ0n) is 8.83. The monoisotopic (exact) mass is 171 g/mol. The molecule has 0 saturated heterocycles. The minimum absolute atomic E-state index is 0.322. The highest BCUT2D eigenvalue weighted by atomic mass is 16.3. The van der Waals surface area contributed by atoms with Gasteiger partial charge in [0.25, 0.3) is 0 Å². The molecule has 0 aromatic heterocycles. The Morgan fingerprint density at radius 2 is 2.00 bits per heavy atom. The molecule has 0 spiro atoms. The van der Waals surface area contributed by atoms with Crippen molar-refractivity contribution in [2.45, 2.75) is 46.4 Å². The van der Waals surface area contributed by atoms with E-state index >= 15 is 0 Å². The molecule has 0 heterocycles. The van der Waals surface area contributed by atoms with Crippen LogP contribution in [0.15, 0.2) is 0 Å². The van der Waals surface area contributed by atoms with E-state index in [0.717, 1.165) is 5.92 Å². The molecule has 1 rings (SSSR count). The van der Waals surface area contributed by atoms with Gasteiger partial charge in [0.2, 0.25) is 0 Å². The van der Waals surface area contributed by atoms with Crippen molar-refractivity contribution in [3.63, 3.8) is 0 Å². The predicted octanol–water partition coefficient (Wildman–Crippen LogP) is 1.69. The molecule has 0 aromatic rings. The van der Waals surface area contributed by atoms with E-state index in [9.17, 15) is 5.11 Å². The van der Waals surface area contributed by atoms with Gasteiger partial charge >= 0.3 is 0 Å². The molecule has 0 bridgehead atoms. The average Bonchev–Trinajstić information content (AvgIpc) is 1.84. The second-order valence-electron chi connectivity index (χ2n) is 4.91. The van der Waals surface area contributed by atoms with E-state index in [4.69, 9.17) is 0 Å². The van der Waals surface area contributed by atoms with Gasteiger partial charge in [-0.1, -0.05) is 20.8 Å². The largest absolute Gasteiger partial charge is 0.379 e. The Balaban J connectivity index is 2.61. The summed E-state index contributed by atoms with van der Waals surface area (Å²) in [5.41, 5.74) is 0.380. The number of hydrogen-bond donors (Lipinski definition) is 1. The number of nitrogens with zero attached hydrogens (tertiary/aromatic N) is 1. The molecule has 12 heavy (non-hydrogen) atoms. The summed E-state index contributed by atoms with van der Waals surface area (Å²) >= 11 is 0. The molecule has 1 saturated carbocycles. The van der Waals surface area contributed by atoms with E-state index in [1.54, 1.807) is 0 Å². The molecular weight excluding hydrogens is 150 g/mol. The molecule has 0 amide bonds. The summed E-state index contributed by atoms with van der Waals surface area (Å²) in [7, 11) is 2.01. The Morgan fingerprint density at radius 1 is 1.50 bits per heavy atom. The van der Waals surface area contributed by atoms with Crippen LogP contribution in [0.5, 0.6) is 0 Å². The molecule has 0 aliphatic heterocycles. The van der Waals surface area contributed by atoms with Crippen LogP contribution in [0.1, 0.15) is 34.1 Å². The fourth-order valence-electron chi connectivity index (χ4n) is 2.86. The highest BCUT2D eigenvalue weighted by Crippen LogP contribution is 2.47. The summed E-state index contributed by atoms with van der Waals surface area (Å²) < 4.78 is 0. The smallest absolute Gasteiger partial charge is 0.104 e. The van der Waals surface area contributed by atoms with Crippen molar-refractivity contribution in [2.75, 3.05) is 7.05 Å². The van der Waals surface area contributed by atoms with Crippen LogP contribution in [-0.2, 0) is 0 Å². The van der Waals surface area contributed by atoms with Gasteiger partial charge in [-0.3, -0.25) is 4.90 Å². The van der Waals surface area contributed by atoms with Crippen molar-refractivity contribution in [1.29, 1.82) is 0 Å². The third-order valence-electron chi connectivity index (χ3n) is 3.22. The van der Waals surface area contributed by atoms with E-state index in [1.807, 2.05) is 14.0 Å². The summed E-state index contributed by atoms with van der Waals surface area (Å²) in [6, 6.07) is 0.539. The first-order valence-electron chi connectivity index (χ1n) is 4.76. The van der Waals surface area contributed by atoms with Crippen LogP contribution in [0.3, 0.4) is 0 Å². The normalized spacial score (nSPS) is 36.2. The van der Waals surface area contributed by atoms with Gasteiger partial charge in [-0.15, -0.1) is 0 Å². The van der Waals surface area contributed by atoms with Gasteiger partial charge in [-0.05, 0) is 31.7 Å². The number of aliphatic hydroxyl groups is 1. The molecule has 0 radical (unpaired) electrons. The topological polar surface area (TPSA) is 23.5 Å². The molecule has 1 aliphatic carbocycles. The molecule has 3 unspecified atom stereocenters. The molecule has 2 nitrogen and oxygen atoms in total. The summed E-state index contributed by atoms with van der Waals surface area (Å²) in [6.45, 7) is 8.64. The van der Waals surface area contributed by atoms with Crippen LogP contribution in [0.25, 0.3) is 0 Å². The van der Waals surface area contributed by atoms with Gasteiger partial charge in [-0.2, -0.15) is 0 Å². The highest BCUT2D eigenvalue weighted by Gasteiger charge is 2.47. The van der Waals surface area contributed by atoms with Gasteiger partial charge in [-0.25, -0.2) is 0 Å². The zero-order valence-corrected chi connectivity index (χ0v) is 8.83. The van der Waals surface area contributed by atoms with Gasteiger partial charge in [0.1, 0.15) is 6.23 Å². The Labute approximate surface area is 75.6 Å². The SMILES string of the molecule is CC1CC(C)(C)C1N(C)C(C)O. The van der Waals surface area contributed by atoms with Crippen molar-refractivity contribution in [3.05, 3.63) is 0 Å². The maximum atomic E-state index is 9.43. The first kappa shape index (κ1) is 10.0. The first-order chi connectivity index (χ1) is 5.36. The van der Waals surface area contributed by atoms with Crippen LogP contribution in [0.2, 0.25) is 0 Å². The van der Waals surface area contributed by atoms with Gasteiger partial charge in [0.05, 0.1) is 0 Å². The van der Waals surface area contributed by atoms with Crippen LogP contribution in [0, 0.1) is 11.3 Å². The summed E-state index contributed by atoms with van der Waals surface area (Å²) in [6.07, 6.45) is 0.950. The molecular formula is C10H21NO. The Morgan fingerprint density at radius 3 is 2.17 bits per heavy atom. The standard InChI is InChI=1S/C10H21NO/c1-7-6-10(3,4)9(7)11(5)8(2)12/h7-9,12H,6H2,1-5H3. The quantitative estimate of drug-likeness (QED) is 0.639. The average molecular weight is 171 g/mol. The van der Waals surface area contributed by atoms with Crippen molar-refractivity contribution in [2.24, 2.45) is 11.3 Å². The molecule has 72 valence electrons. The van der Waals surface area contributed by atoms with E-state index < -0.39 is 0 Å². The van der Waals surface area contributed by atoms with Gasteiger partial charge in [0, 0.05) is 6.04 Å². The lowest BCUT2D eigenvalue weighted by atomic mass is 9.60. The first-order valence-corrected chi connectivity index (χ1v) is 4.76. The summed E-state index contributed by atoms with van der Waals surface area (Å²) in [5.74, 6) is 0.722. The fourth-order valence-corrected chi connectivity index (χ4v) is 2.86. The number of aliphatic hydroxyl groups excluding tert-OH is 1. The third-order valence-corrected chi connectivity index (χ3v) is 3.22. The Kier molecular flexibility index (Phi) is 2.50. The minimum atomic E-state index is -0.322. The molecule has 0 aromatic carbocycles.